The van der Waals surface area contributed by atoms with Gasteiger partial charge in [0, 0.05) is 32.1 Å². The Hall–Kier alpha value is -0.610. The molecule has 1 aliphatic rings. The summed E-state index contributed by atoms with van der Waals surface area (Å²) in [6.45, 7) is 6.86. The zero-order valence-corrected chi connectivity index (χ0v) is 11.7. The van der Waals surface area contributed by atoms with Gasteiger partial charge in [-0.15, -0.1) is 0 Å². The number of carbonyl (C=O) groups is 1. The van der Waals surface area contributed by atoms with E-state index >= 15 is 0 Å². The van der Waals surface area contributed by atoms with Crippen LogP contribution in [-0.2, 0) is 4.79 Å². The van der Waals surface area contributed by atoms with Crippen LogP contribution in [0.5, 0.6) is 0 Å². The van der Waals surface area contributed by atoms with Crippen molar-refractivity contribution in [1.29, 1.82) is 0 Å². The highest BCUT2D eigenvalue weighted by Gasteiger charge is 2.21. The lowest BCUT2D eigenvalue weighted by molar-refractivity contribution is -0.129. The molecule has 1 atom stereocenters. The number of nitrogens with zero attached hydrogens (tertiary/aromatic N) is 2. The topological polar surface area (TPSA) is 35.6 Å². The predicted octanol–water partition coefficient (Wildman–Crippen LogP) is 0.927. The highest BCUT2D eigenvalue weighted by Crippen LogP contribution is 2.11. The van der Waals surface area contributed by atoms with Gasteiger partial charge in [0.05, 0.1) is 0 Å². The Bertz CT molecular complexity index is 235. The molecule has 0 aromatic heterocycles. The van der Waals surface area contributed by atoms with Gasteiger partial charge in [0.1, 0.15) is 0 Å². The quantitative estimate of drug-likeness (QED) is 0.778. The van der Waals surface area contributed by atoms with Gasteiger partial charge in [-0.2, -0.15) is 0 Å². The summed E-state index contributed by atoms with van der Waals surface area (Å²) in [5.41, 5.74) is 0. The van der Waals surface area contributed by atoms with Gasteiger partial charge in [0.2, 0.25) is 5.91 Å². The maximum absolute atomic E-state index is 11.2. The maximum Gasteiger partial charge on any atom is 0.219 e. The molecule has 1 N–H and O–H groups in total. The van der Waals surface area contributed by atoms with E-state index in [0.717, 1.165) is 32.5 Å². The van der Waals surface area contributed by atoms with Gasteiger partial charge in [0.15, 0.2) is 0 Å². The third-order valence-corrected chi connectivity index (χ3v) is 3.47. The summed E-state index contributed by atoms with van der Waals surface area (Å²) in [4.78, 5) is 15.4. The number of hydrogen-bond acceptors (Lipinski definition) is 3. The molecule has 1 amide bonds. The van der Waals surface area contributed by atoms with Gasteiger partial charge in [-0.1, -0.05) is 0 Å². The summed E-state index contributed by atoms with van der Waals surface area (Å²) in [5, 5.41) is 3.67. The van der Waals surface area contributed by atoms with Crippen LogP contribution < -0.4 is 5.32 Å². The first kappa shape index (κ1) is 14.5. The molecule has 0 bridgehead atoms. The molecule has 17 heavy (non-hydrogen) atoms. The molecule has 1 aliphatic heterocycles. The van der Waals surface area contributed by atoms with Crippen molar-refractivity contribution in [2.24, 2.45) is 0 Å². The second-order valence-electron chi connectivity index (χ2n) is 5.44. The molecule has 100 valence electrons. The standard InChI is InChI=1S/C13H27N3O/c1-11(5-8-15(3)4)14-13-6-9-16(10-7-13)12(2)17/h11,13-14H,5-10H2,1-4H3. The fourth-order valence-corrected chi connectivity index (χ4v) is 2.30. The minimum absolute atomic E-state index is 0.212. The zero-order chi connectivity index (χ0) is 12.8. The van der Waals surface area contributed by atoms with Crippen molar-refractivity contribution in [3.63, 3.8) is 0 Å². The number of likely N-dealkylation sites (tertiary alicyclic amines) is 1. The summed E-state index contributed by atoms with van der Waals surface area (Å²) in [7, 11) is 4.22. The Labute approximate surface area is 105 Å². The van der Waals surface area contributed by atoms with Crippen molar-refractivity contribution in [2.45, 2.75) is 45.2 Å². The van der Waals surface area contributed by atoms with E-state index < -0.39 is 0 Å². The normalized spacial score (nSPS) is 19.7. The molecule has 4 heteroatoms. The lowest BCUT2D eigenvalue weighted by Gasteiger charge is -2.33. The minimum atomic E-state index is 0.212. The second-order valence-corrected chi connectivity index (χ2v) is 5.44. The number of amides is 1. The van der Waals surface area contributed by atoms with Crippen LogP contribution in [0.4, 0.5) is 0 Å². The molecule has 1 unspecified atom stereocenters. The molecule has 0 aromatic rings. The smallest absolute Gasteiger partial charge is 0.219 e. The summed E-state index contributed by atoms with van der Waals surface area (Å²) in [6, 6.07) is 1.15. The van der Waals surface area contributed by atoms with Crippen molar-refractivity contribution in [2.75, 3.05) is 33.7 Å². The summed E-state index contributed by atoms with van der Waals surface area (Å²) >= 11 is 0. The van der Waals surface area contributed by atoms with Crippen LogP contribution in [0.25, 0.3) is 0 Å². The van der Waals surface area contributed by atoms with Crippen LogP contribution in [0.15, 0.2) is 0 Å². The lowest BCUT2D eigenvalue weighted by atomic mass is 10.0. The van der Waals surface area contributed by atoms with Gasteiger partial charge in [0.25, 0.3) is 0 Å². The molecule has 0 saturated carbocycles. The molecule has 1 heterocycles. The van der Waals surface area contributed by atoms with Crippen molar-refractivity contribution in [3.8, 4) is 0 Å². The number of hydrogen-bond donors (Lipinski definition) is 1. The molecule has 4 nitrogen and oxygen atoms in total. The molecule has 0 radical (unpaired) electrons. The molecule has 1 rings (SSSR count). The van der Waals surface area contributed by atoms with Gasteiger partial charge in [-0.05, 0) is 46.8 Å². The van der Waals surface area contributed by atoms with Crippen molar-refractivity contribution in [1.82, 2.24) is 15.1 Å². The monoisotopic (exact) mass is 241 g/mol. The zero-order valence-electron chi connectivity index (χ0n) is 11.7. The Kier molecular flexibility index (Phi) is 5.92. The third kappa shape index (κ3) is 5.50. The van der Waals surface area contributed by atoms with Crippen LogP contribution in [0.1, 0.15) is 33.1 Å². The molecule has 1 saturated heterocycles. The van der Waals surface area contributed by atoms with Gasteiger partial charge < -0.3 is 15.1 Å². The van der Waals surface area contributed by atoms with E-state index in [0.29, 0.717) is 12.1 Å². The first-order chi connectivity index (χ1) is 7.99. The van der Waals surface area contributed by atoms with E-state index in [4.69, 9.17) is 0 Å². The first-order valence-corrected chi connectivity index (χ1v) is 6.65. The number of carbonyl (C=O) groups excluding carboxylic acids is 1. The third-order valence-electron chi connectivity index (χ3n) is 3.47. The average Bonchev–Trinajstić information content (AvgIpc) is 2.27. The minimum Gasteiger partial charge on any atom is -0.343 e. The van der Waals surface area contributed by atoms with Crippen LogP contribution >= 0.6 is 0 Å². The Morgan fingerprint density at radius 3 is 2.47 bits per heavy atom. The van der Waals surface area contributed by atoms with Crippen LogP contribution in [0.3, 0.4) is 0 Å². The molecule has 0 aliphatic carbocycles. The van der Waals surface area contributed by atoms with Crippen LogP contribution in [-0.4, -0.2) is 61.5 Å². The maximum atomic E-state index is 11.2. The van der Waals surface area contributed by atoms with Crippen molar-refractivity contribution >= 4 is 5.91 Å². The number of piperidine rings is 1. The SMILES string of the molecule is CC(=O)N1CCC(NC(C)CCN(C)C)CC1. The number of nitrogens with one attached hydrogen (secondary N) is 1. The summed E-state index contributed by atoms with van der Waals surface area (Å²) in [6.07, 6.45) is 3.36. The van der Waals surface area contributed by atoms with Crippen molar-refractivity contribution in [3.05, 3.63) is 0 Å². The van der Waals surface area contributed by atoms with Gasteiger partial charge in [-0.25, -0.2) is 0 Å². The molecule has 1 fully saturated rings. The number of rotatable bonds is 5. The molecule has 0 aromatic carbocycles. The lowest BCUT2D eigenvalue weighted by Crippen LogP contribution is -2.47. The summed E-state index contributed by atoms with van der Waals surface area (Å²) in [5.74, 6) is 0.212. The predicted molar refractivity (Wildman–Crippen MR) is 71.0 cm³/mol. The Morgan fingerprint density at radius 1 is 1.41 bits per heavy atom. The van der Waals surface area contributed by atoms with E-state index in [1.54, 1.807) is 6.92 Å². The first-order valence-electron chi connectivity index (χ1n) is 6.65. The highest BCUT2D eigenvalue weighted by molar-refractivity contribution is 5.73. The fourth-order valence-electron chi connectivity index (χ4n) is 2.30. The highest BCUT2D eigenvalue weighted by atomic mass is 16.2. The molecular weight excluding hydrogens is 214 g/mol. The molecule has 0 spiro atoms. The van der Waals surface area contributed by atoms with E-state index in [-0.39, 0.29) is 5.91 Å². The summed E-state index contributed by atoms with van der Waals surface area (Å²) < 4.78 is 0. The van der Waals surface area contributed by atoms with E-state index in [1.807, 2.05) is 4.90 Å². The van der Waals surface area contributed by atoms with Gasteiger partial charge in [-0.3, -0.25) is 4.79 Å². The van der Waals surface area contributed by atoms with Crippen LogP contribution in [0.2, 0.25) is 0 Å². The van der Waals surface area contributed by atoms with Gasteiger partial charge >= 0.3 is 0 Å². The fraction of sp³-hybridized carbons (Fsp3) is 0.923. The largest absolute Gasteiger partial charge is 0.343 e. The van der Waals surface area contributed by atoms with Crippen molar-refractivity contribution < 1.29 is 4.79 Å². The van der Waals surface area contributed by atoms with E-state index in [1.165, 1.54) is 6.42 Å². The second kappa shape index (κ2) is 6.97. The average molecular weight is 241 g/mol. The van der Waals surface area contributed by atoms with Crippen LogP contribution in [0, 0.1) is 0 Å². The Balaban J connectivity index is 2.19. The molecular formula is C13H27N3O. The Morgan fingerprint density at radius 2 is 2.00 bits per heavy atom. The van der Waals surface area contributed by atoms with E-state index in [9.17, 15) is 4.79 Å². The van der Waals surface area contributed by atoms with E-state index in [2.05, 4.69) is 31.2 Å².